The first-order chi connectivity index (χ1) is 12.7. The number of carbonyl (C=O) groups excluding carboxylic acids is 1. The number of aromatic nitrogens is 2. The number of fused-ring (bicyclic) bond motifs is 1. The molecule has 1 saturated heterocycles. The first-order valence-corrected chi connectivity index (χ1v) is 9.80. The van der Waals surface area contributed by atoms with Gasteiger partial charge in [0.1, 0.15) is 0 Å². The smallest absolute Gasteiger partial charge is 0.225 e. The van der Waals surface area contributed by atoms with Gasteiger partial charge in [-0.1, -0.05) is 0 Å². The Morgan fingerprint density at radius 2 is 2.19 bits per heavy atom. The van der Waals surface area contributed by atoms with Gasteiger partial charge in [0.25, 0.3) is 0 Å². The molecule has 1 fully saturated rings. The Labute approximate surface area is 155 Å². The number of nitrogens with zero attached hydrogens (tertiary/aromatic N) is 3. The summed E-state index contributed by atoms with van der Waals surface area (Å²) < 4.78 is 5.25. The maximum absolute atomic E-state index is 12.1. The Morgan fingerprint density at radius 1 is 1.38 bits per heavy atom. The molecule has 144 valence electrons. The topological polar surface area (TPSA) is 87.6 Å². The number of aliphatic hydroxyl groups excluding tert-OH is 1. The number of piperidine rings is 1. The molecule has 2 heterocycles. The van der Waals surface area contributed by atoms with E-state index >= 15 is 0 Å². The molecule has 1 amide bonds. The van der Waals surface area contributed by atoms with Crippen molar-refractivity contribution >= 4 is 11.9 Å². The molecule has 0 radical (unpaired) electrons. The fourth-order valence-electron chi connectivity index (χ4n) is 3.73. The third-order valence-corrected chi connectivity index (χ3v) is 5.34. The minimum Gasteiger partial charge on any atom is -0.396 e. The number of aryl methyl sites for hydroxylation is 1. The third-order valence-electron chi connectivity index (χ3n) is 5.34. The summed E-state index contributed by atoms with van der Waals surface area (Å²) in [7, 11) is 0. The number of anilines is 1. The lowest BCUT2D eigenvalue weighted by Crippen LogP contribution is -2.37. The second kappa shape index (κ2) is 9.28. The maximum Gasteiger partial charge on any atom is 0.225 e. The van der Waals surface area contributed by atoms with Crippen molar-refractivity contribution in [1.29, 1.82) is 0 Å². The number of aliphatic hydroxyl groups is 1. The van der Waals surface area contributed by atoms with E-state index in [0.717, 1.165) is 62.4 Å². The van der Waals surface area contributed by atoms with Gasteiger partial charge in [0, 0.05) is 44.5 Å². The quantitative estimate of drug-likeness (QED) is 0.717. The summed E-state index contributed by atoms with van der Waals surface area (Å²) in [4.78, 5) is 23.7. The number of ether oxygens (including phenoxy) is 1. The van der Waals surface area contributed by atoms with E-state index in [9.17, 15) is 9.90 Å². The monoisotopic (exact) mass is 362 g/mol. The Kier molecular flexibility index (Phi) is 6.80. The SMILES string of the molecule is CCOCCC(=O)N[C@H]1CCCc2nc(N3CCC(CO)CC3)ncc21. The van der Waals surface area contributed by atoms with Gasteiger partial charge in [-0.05, 0) is 44.9 Å². The van der Waals surface area contributed by atoms with E-state index in [-0.39, 0.29) is 18.6 Å². The highest BCUT2D eigenvalue weighted by molar-refractivity contribution is 5.76. The van der Waals surface area contributed by atoms with Crippen molar-refractivity contribution in [2.75, 3.05) is 37.8 Å². The van der Waals surface area contributed by atoms with Crippen LogP contribution in [-0.2, 0) is 16.0 Å². The largest absolute Gasteiger partial charge is 0.396 e. The Morgan fingerprint density at radius 3 is 2.92 bits per heavy atom. The summed E-state index contributed by atoms with van der Waals surface area (Å²) in [5.74, 6) is 1.20. The fourth-order valence-corrected chi connectivity index (χ4v) is 3.73. The average molecular weight is 362 g/mol. The van der Waals surface area contributed by atoms with Gasteiger partial charge in [-0.3, -0.25) is 4.79 Å². The van der Waals surface area contributed by atoms with Gasteiger partial charge in [-0.15, -0.1) is 0 Å². The lowest BCUT2D eigenvalue weighted by atomic mass is 9.92. The predicted molar refractivity (Wildman–Crippen MR) is 99.0 cm³/mol. The van der Waals surface area contributed by atoms with Crippen LogP contribution in [0.25, 0.3) is 0 Å². The van der Waals surface area contributed by atoms with E-state index in [2.05, 4.69) is 15.2 Å². The van der Waals surface area contributed by atoms with Crippen molar-refractivity contribution in [3.8, 4) is 0 Å². The van der Waals surface area contributed by atoms with Crippen molar-refractivity contribution in [2.24, 2.45) is 5.92 Å². The number of amides is 1. The Balaban J connectivity index is 1.63. The highest BCUT2D eigenvalue weighted by Crippen LogP contribution is 2.30. The minimum absolute atomic E-state index is 0.00190. The molecule has 2 N–H and O–H groups in total. The molecular formula is C19H30N4O3. The zero-order valence-corrected chi connectivity index (χ0v) is 15.6. The van der Waals surface area contributed by atoms with Gasteiger partial charge in [-0.25, -0.2) is 9.97 Å². The van der Waals surface area contributed by atoms with E-state index in [0.29, 0.717) is 25.6 Å². The number of hydrogen-bond acceptors (Lipinski definition) is 6. The number of carbonyl (C=O) groups is 1. The highest BCUT2D eigenvalue weighted by atomic mass is 16.5. The fraction of sp³-hybridized carbons (Fsp3) is 0.737. The maximum atomic E-state index is 12.1. The van der Waals surface area contributed by atoms with Crippen LogP contribution in [0.5, 0.6) is 0 Å². The molecule has 1 aliphatic heterocycles. The van der Waals surface area contributed by atoms with Crippen LogP contribution in [0, 0.1) is 5.92 Å². The molecule has 0 saturated carbocycles. The standard InChI is InChI=1S/C19H30N4O3/c1-2-26-11-8-18(25)21-16-4-3-5-17-15(16)12-20-19(22-17)23-9-6-14(13-24)7-10-23/h12,14,16,24H,2-11,13H2,1H3,(H,21,25)/t16-/m0/s1. The molecule has 1 aliphatic carbocycles. The van der Waals surface area contributed by atoms with Crippen molar-refractivity contribution < 1.29 is 14.6 Å². The van der Waals surface area contributed by atoms with E-state index in [1.807, 2.05) is 13.1 Å². The molecule has 1 aromatic heterocycles. The van der Waals surface area contributed by atoms with Crippen LogP contribution in [-0.4, -0.2) is 53.9 Å². The molecule has 7 nitrogen and oxygen atoms in total. The van der Waals surface area contributed by atoms with Crippen molar-refractivity contribution in [1.82, 2.24) is 15.3 Å². The van der Waals surface area contributed by atoms with Crippen LogP contribution < -0.4 is 10.2 Å². The Hall–Kier alpha value is -1.73. The average Bonchev–Trinajstić information content (AvgIpc) is 2.68. The van der Waals surface area contributed by atoms with Gasteiger partial charge in [0.05, 0.1) is 18.3 Å². The first kappa shape index (κ1) is 19.0. The van der Waals surface area contributed by atoms with Crippen molar-refractivity contribution in [3.63, 3.8) is 0 Å². The molecule has 0 bridgehead atoms. The summed E-state index contributed by atoms with van der Waals surface area (Å²) in [6, 6.07) is 0.00190. The van der Waals surface area contributed by atoms with Crippen LogP contribution in [0.3, 0.4) is 0 Å². The van der Waals surface area contributed by atoms with E-state index in [1.165, 1.54) is 0 Å². The lowest BCUT2D eigenvalue weighted by Gasteiger charge is -2.32. The second-order valence-corrected chi connectivity index (χ2v) is 7.14. The van der Waals surface area contributed by atoms with Crippen LogP contribution in [0.15, 0.2) is 6.20 Å². The summed E-state index contributed by atoms with van der Waals surface area (Å²) in [5.41, 5.74) is 2.11. The van der Waals surface area contributed by atoms with E-state index < -0.39 is 0 Å². The molecule has 0 unspecified atom stereocenters. The van der Waals surface area contributed by atoms with Crippen LogP contribution in [0.1, 0.15) is 56.3 Å². The summed E-state index contributed by atoms with van der Waals surface area (Å²) in [5, 5.41) is 12.4. The van der Waals surface area contributed by atoms with Crippen molar-refractivity contribution in [2.45, 2.75) is 51.5 Å². The molecule has 0 spiro atoms. The molecule has 7 heteroatoms. The lowest BCUT2D eigenvalue weighted by molar-refractivity contribution is -0.123. The second-order valence-electron chi connectivity index (χ2n) is 7.14. The van der Waals surface area contributed by atoms with Gasteiger partial charge in [-0.2, -0.15) is 0 Å². The van der Waals surface area contributed by atoms with Gasteiger partial charge in [0.15, 0.2) is 0 Å². The molecule has 2 aliphatic rings. The van der Waals surface area contributed by atoms with E-state index in [1.54, 1.807) is 0 Å². The van der Waals surface area contributed by atoms with Gasteiger partial charge < -0.3 is 20.1 Å². The van der Waals surface area contributed by atoms with Gasteiger partial charge in [0.2, 0.25) is 11.9 Å². The molecule has 26 heavy (non-hydrogen) atoms. The summed E-state index contributed by atoms with van der Waals surface area (Å²) in [6.45, 7) is 5.07. The van der Waals surface area contributed by atoms with Crippen molar-refractivity contribution in [3.05, 3.63) is 17.5 Å². The normalized spacial score (nSPS) is 20.7. The Bertz CT molecular complexity index is 602. The number of nitrogens with one attached hydrogen (secondary N) is 1. The zero-order valence-electron chi connectivity index (χ0n) is 15.6. The number of hydrogen-bond donors (Lipinski definition) is 2. The van der Waals surface area contributed by atoms with Crippen LogP contribution in [0.2, 0.25) is 0 Å². The minimum atomic E-state index is 0.00190. The van der Waals surface area contributed by atoms with Crippen LogP contribution >= 0.6 is 0 Å². The summed E-state index contributed by atoms with van der Waals surface area (Å²) >= 11 is 0. The summed E-state index contributed by atoms with van der Waals surface area (Å²) in [6.07, 6.45) is 7.12. The predicted octanol–water partition coefficient (Wildman–Crippen LogP) is 1.61. The first-order valence-electron chi connectivity index (χ1n) is 9.80. The molecular weight excluding hydrogens is 332 g/mol. The van der Waals surface area contributed by atoms with Crippen LogP contribution in [0.4, 0.5) is 5.95 Å². The molecule has 0 aromatic carbocycles. The van der Waals surface area contributed by atoms with E-state index in [4.69, 9.17) is 9.72 Å². The highest BCUT2D eigenvalue weighted by Gasteiger charge is 2.26. The number of rotatable bonds is 7. The molecule has 3 rings (SSSR count). The zero-order chi connectivity index (χ0) is 18.4. The molecule has 1 aromatic rings. The molecule has 1 atom stereocenters. The van der Waals surface area contributed by atoms with Gasteiger partial charge >= 0.3 is 0 Å². The third kappa shape index (κ3) is 4.71.